The zero-order valence-corrected chi connectivity index (χ0v) is 18.4. The van der Waals surface area contributed by atoms with E-state index in [9.17, 15) is 13.2 Å². The van der Waals surface area contributed by atoms with Crippen molar-refractivity contribution in [2.45, 2.75) is 50.6 Å². The van der Waals surface area contributed by atoms with E-state index in [1.165, 1.54) is 8.99 Å². The molecule has 0 unspecified atom stereocenters. The number of nitrogens with zero attached hydrogens (tertiary/aromatic N) is 3. The highest BCUT2D eigenvalue weighted by Gasteiger charge is 2.41. The summed E-state index contributed by atoms with van der Waals surface area (Å²) >= 11 is 0. The Bertz CT molecular complexity index is 1390. The lowest BCUT2D eigenvalue weighted by molar-refractivity contribution is 0.252. The maximum atomic E-state index is 12.9. The molecule has 0 atom stereocenters. The van der Waals surface area contributed by atoms with Crippen molar-refractivity contribution in [2.75, 3.05) is 5.32 Å². The van der Waals surface area contributed by atoms with E-state index in [-0.39, 0.29) is 11.5 Å². The fourth-order valence-electron chi connectivity index (χ4n) is 4.00. The maximum Gasteiger partial charge on any atom is 0.261 e. The van der Waals surface area contributed by atoms with Crippen molar-refractivity contribution in [1.29, 1.82) is 5.41 Å². The predicted molar refractivity (Wildman–Crippen MR) is 118 cm³/mol. The van der Waals surface area contributed by atoms with Gasteiger partial charge in [-0.2, -0.15) is 4.31 Å². The summed E-state index contributed by atoms with van der Waals surface area (Å²) < 4.78 is 28.8. The number of benzene rings is 1. The fraction of sp³-hybridized carbons (Fsp3) is 0.381. The highest BCUT2D eigenvalue weighted by atomic mass is 32.2. The Balaban J connectivity index is 1.55. The highest BCUT2D eigenvalue weighted by Crippen LogP contribution is 2.38. The maximum absolute atomic E-state index is 12.9. The molecule has 0 radical (unpaired) electrons. The van der Waals surface area contributed by atoms with Crippen molar-refractivity contribution in [3.05, 3.63) is 46.4 Å². The molecule has 1 aliphatic heterocycles. The van der Waals surface area contributed by atoms with E-state index in [0.717, 1.165) is 12.8 Å². The zero-order chi connectivity index (χ0) is 22.1. The number of sulfonamides is 1. The third-order valence-corrected chi connectivity index (χ3v) is 7.96. The van der Waals surface area contributed by atoms with Crippen LogP contribution in [0.1, 0.15) is 39.2 Å². The van der Waals surface area contributed by atoms with Gasteiger partial charge in [0, 0.05) is 29.9 Å². The molecule has 2 aromatic heterocycles. The second kappa shape index (κ2) is 6.51. The molecule has 9 nitrogen and oxygen atoms in total. The van der Waals surface area contributed by atoms with E-state index in [1.807, 2.05) is 20.8 Å². The molecule has 0 saturated heterocycles. The van der Waals surface area contributed by atoms with Gasteiger partial charge in [0.2, 0.25) is 10.0 Å². The summed E-state index contributed by atoms with van der Waals surface area (Å²) in [6.07, 6.45) is 3.46. The van der Waals surface area contributed by atoms with Crippen LogP contribution < -0.4 is 10.9 Å². The van der Waals surface area contributed by atoms with Crippen LogP contribution in [-0.4, -0.2) is 38.9 Å². The summed E-state index contributed by atoms with van der Waals surface area (Å²) in [6, 6.07) is 6.79. The molecule has 0 spiro atoms. The van der Waals surface area contributed by atoms with Crippen molar-refractivity contribution in [3.8, 4) is 0 Å². The molecule has 0 bridgehead atoms. The van der Waals surface area contributed by atoms with Gasteiger partial charge in [-0.05, 0) is 63.4 Å². The van der Waals surface area contributed by atoms with Crippen LogP contribution in [-0.2, 0) is 16.6 Å². The van der Waals surface area contributed by atoms with Crippen LogP contribution >= 0.6 is 0 Å². The molecule has 1 aliphatic carbocycles. The van der Waals surface area contributed by atoms with Gasteiger partial charge in [0.15, 0.2) is 5.82 Å². The Hall–Kier alpha value is -2.98. The van der Waals surface area contributed by atoms with Gasteiger partial charge in [-0.1, -0.05) is 0 Å². The van der Waals surface area contributed by atoms with Crippen molar-refractivity contribution >= 4 is 38.3 Å². The molecule has 31 heavy (non-hydrogen) atoms. The Morgan fingerprint density at radius 1 is 1.26 bits per heavy atom. The third-order valence-electron chi connectivity index (χ3n) is 5.75. The van der Waals surface area contributed by atoms with Gasteiger partial charge in [-0.15, -0.1) is 5.10 Å². The average Bonchev–Trinajstić information content (AvgIpc) is 3.42. The number of nitrogens with one attached hydrogen (secondary N) is 3. The molecule has 162 valence electrons. The number of fused-ring (bicyclic) bond motifs is 2. The van der Waals surface area contributed by atoms with Crippen LogP contribution in [0.25, 0.3) is 10.9 Å². The lowest BCUT2D eigenvalue weighted by atomic mass is 10.1. The van der Waals surface area contributed by atoms with Gasteiger partial charge < -0.3 is 10.3 Å². The summed E-state index contributed by atoms with van der Waals surface area (Å²) in [4.78, 5) is 15.5. The zero-order valence-electron chi connectivity index (χ0n) is 17.6. The molecule has 1 aromatic carbocycles. The number of pyridine rings is 1. The van der Waals surface area contributed by atoms with E-state index in [0.29, 0.717) is 45.2 Å². The van der Waals surface area contributed by atoms with Crippen LogP contribution in [0.15, 0.2) is 40.2 Å². The van der Waals surface area contributed by atoms with E-state index in [2.05, 4.69) is 15.4 Å². The monoisotopic (exact) mass is 440 g/mol. The standard InChI is InChI=1S/C21H24N6O3S/c1-21(2,3)26-11-13-10-14(6-7-16(13)31(26,29)30)24-19-17-15(8-9-23-20(17)28)27(25-19)18(22)12-4-5-12/h6-10,12,22H,4-5,11H2,1-3H3,(H,23,28)(H,24,25). The highest BCUT2D eigenvalue weighted by molar-refractivity contribution is 7.89. The molecular formula is C21H24N6O3S. The third kappa shape index (κ3) is 3.17. The molecule has 1 fully saturated rings. The largest absolute Gasteiger partial charge is 0.338 e. The van der Waals surface area contributed by atoms with E-state index < -0.39 is 15.6 Å². The first kappa shape index (κ1) is 20.0. The van der Waals surface area contributed by atoms with Crippen molar-refractivity contribution in [2.24, 2.45) is 5.92 Å². The normalized spacial score (nSPS) is 18.3. The lowest BCUT2D eigenvalue weighted by Gasteiger charge is -2.29. The fourth-order valence-corrected chi connectivity index (χ4v) is 5.97. The van der Waals surface area contributed by atoms with Crippen molar-refractivity contribution in [1.82, 2.24) is 19.1 Å². The number of aromatic nitrogens is 3. The quantitative estimate of drug-likeness (QED) is 0.427. The van der Waals surface area contributed by atoms with Gasteiger partial charge in [0.25, 0.3) is 5.56 Å². The van der Waals surface area contributed by atoms with Crippen molar-refractivity contribution in [3.63, 3.8) is 0 Å². The first-order valence-corrected chi connectivity index (χ1v) is 11.6. The summed E-state index contributed by atoms with van der Waals surface area (Å²) in [7, 11) is -3.54. The molecule has 0 amide bonds. The summed E-state index contributed by atoms with van der Waals surface area (Å²) in [5.41, 5.74) is 1.08. The number of H-pyrrole nitrogens is 1. The van der Waals surface area contributed by atoms with E-state index in [4.69, 9.17) is 5.41 Å². The Labute approximate surface area is 179 Å². The van der Waals surface area contributed by atoms with E-state index in [1.54, 1.807) is 30.5 Å². The van der Waals surface area contributed by atoms with Gasteiger partial charge in [-0.25, -0.2) is 13.1 Å². The Morgan fingerprint density at radius 2 is 2.00 bits per heavy atom. The molecule has 2 aliphatic rings. The smallest absolute Gasteiger partial charge is 0.261 e. The van der Waals surface area contributed by atoms with Crippen LogP contribution in [0.2, 0.25) is 0 Å². The molecule has 3 heterocycles. The summed E-state index contributed by atoms with van der Waals surface area (Å²) in [5, 5.41) is 16.5. The van der Waals surface area contributed by atoms with Crippen LogP contribution in [0.4, 0.5) is 11.5 Å². The second-order valence-electron chi connectivity index (χ2n) is 9.12. The number of hydrogen-bond acceptors (Lipinski definition) is 6. The van der Waals surface area contributed by atoms with Gasteiger partial charge in [0.1, 0.15) is 11.2 Å². The number of rotatable bonds is 3. The average molecular weight is 441 g/mol. The Kier molecular flexibility index (Phi) is 4.19. The minimum absolute atomic E-state index is 0.170. The van der Waals surface area contributed by atoms with Gasteiger partial charge in [-0.3, -0.25) is 10.2 Å². The van der Waals surface area contributed by atoms with E-state index >= 15 is 0 Å². The van der Waals surface area contributed by atoms with Crippen molar-refractivity contribution < 1.29 is 8.42 Å². The lowest BCUT2D eigenvalue weighted by Crippen LogP contribution is -2.41. The molecule has 5 rings (SSSR count). The first-order chi connectivity index (χ1) is 14.6. The number of anilines is 2. The second-order valence-corrected chi connectivity index (χ2v) is 10.9. The minimum Gasteiger partial charge on any atom is -0.338 e. The molecule has 1 saturated carbocycles. The molecule has 3 N–H and O–H groups in total. The number of aromatic amines is 1. The molecular weight excluding hydrogens is 416 g/mol. The topological polar surface area (TPSA) is 124 Å². The van der Waals surface area contributed by atoms with Gasteiger partial charge in [0.05, 0.1) is 10.4 Å². The SMILES string of the molecule is CC(C)(C)N1Cc2cc(Nc3nn(C(=N)C4CC4)c4cc[nH]c(=O)c34)ccc2S1(=O)=O. The minimum atomic E-state index is -3.54. The summed E-state index contributed by atoms with van der Waals surface area (Å²) in [5.74, 6) is 0.893. The number of hydrogen-bond donors (Lipinski definition) is 3. The first-order valence-electron chi connectivity index (χ1n) is 10.2. The Morgan fingerprint density at radius 3 is 2.68 bits per heavy atom. The van der Waals surface area contributed by atoms with Gasteiger partial charge >= 0.3 is 0 Å². The molecule has 3 aromatic rings. The predicted octanol–water partition coefficient (Wildman–Crippen LogP) is 3.01. The van der Waals surface area contributed by atoms with Crippen LogP contribution in [0, 0.1) is 11.3 Å². The summed E-state index contributed by atoms with van der Waals surface area (Å²) in [6.45, 7) is 5.90. The molecule has 10 heteroatoms. The van der Waals surface area contributed by atoms with Crippen LogP contribution in [0.3, 0.4) is 0 Å². The van der Waals surface area contributed by atoms with Crippen LogP contribution in [0.5, 0.6) is 0 Å².